The number of rotatable bonds is 4. The van der Waals surface area contributed by atoms with Crippen LogP contribution in [0, 0.1) is 5.41 Å². The summed E-state index contributed by atoms with van der Waals surface area (Å²) in [6.07, 6.45) is -2.28. The normalized spacial score (nSPS) is 14.6. The molecule has 0 fully saturated rings. The van der Waals surface area contributed by atoms with Gasteiger partial charge in [0.1, 0.15) is 5.82 Å². The number of hydrogen-bond acceptors (Lipinski definition) is 4. The van der Waals surface area contributed by atoms with Crippen LogP contribution in [0.3, 0.4) is 0 Å². The molecule has 128 valence electrons. The Hall–Kier alpha value is -1.25. The monoisotopic (exact) mass is 367 g/mol. The molecule has 3 N–H and O–H groups in total. The quantitative estimate of drug-likeness (QED) is 0.559. The highest BCUT2D eigenvalue weighted by Crippen LogP contribution is 2.35. The molecule has 0 saturated heterocycles. The fourth-order valence-corrected chi connectivity index (χ4v) is 2.05. The summed E-state index contributed by atoms with van der Waals surface area (Å²) in [5.41, 5.74) is 4.20. The Balaban J connectivity index is 3.01. The zero-order chi connectivity index (χ0) is 18.0. The number of nitrogens with two attached hydrogens (primary N) is 1. The maximum absolute atomic E-state index is 12.8. The van der Waals surface area contributed by atoms with Crippen LogP contribution >= 0.6 is 24.2 Å². The molecule has 1 rings (SSSR count). The van der Waals surface area contributed by atoms with E-state index < -0.39 is 28.1 Å². The molecule has 0 aliphatic carbocycles. The number of hydrogen-bond donors (Lipinski definition) is 3. The number of halogens is 4. The summed E-state index contributed by atoms with van der Waals surface area (Å²) in [5, 5.41) is 1.70. The number of nitrogens with one attached hydrogen (secondary N) is 1. The van der Waals surface area contributed by atoms with Gasteiger partial charge in [0.2, 0.25) is 0 Å². The van der Waals surface area contributed by atoms with Crippen molar-refractivity contribution in [2.75, 3.05) is 5.32 Å². The fraction of sp³-hybridized carbons (Fsp3) is 0.429. The topological polar surface area (TPSA) is 68.0 Å². The van der Waals surface area contributed by atoms with Gasteiger partial charge in [0.05, 0.1) is 15.5 Å². The zero-order valence-electron chi connectivity index (χ0n) is 12.7. The lowest BCUT2D eigenvalue weighted by molar-refractivity contribution is -0.137. The highest BCUT2D eigenvalue weighted by molar-refractivity contribution is 7.85. The van der Waals surface area contributed by atoms with Gasteiger partial charge in [-0.3, -0.25) is 4.79 Å². The Labute approximate surface area is 142 Å². The van der Waals surface area contributed by atoms with Crippen LogP contribution in [-0.4, -0.2) is 16.9 Å². The number of anilines is 1. The molecule has 0 saturated carbocycles. The van der Waals surface area contributed by atoms with E-state index in [1.54, 1.807) is 6.92 Å². The molecule has 1 aromatic rings. The maximum atomic E-state index is 12.8. The van der Waals surface area contributed by atoms with Crippen molar-refractivity contribution in [3.05, 3.63) is 33.8 Å². The summed E-state index contributed by atoms with van der Waals surface area (Å²) in [6.45, 7) is 5.39. The maximum Gasteiger partial charge on any atom is 0.418 e. The average molecular weight is 368 g/mol. The molecular formula is C14H17ClF3N3OS. The Kier molecular flexibility index (Phi) is 6.12. The molecule has 1 heterocycles. The number of aromatic nitrogens is 1. The molecule has 0 aliphatic rings. The van der Waals surface area contributed by atoms with E-state index >= 15 is 0 Å². The molecule has 23 heavy (non-hydrogen) atoms. The second kappa shape index (κ2) is 7.11. The molecule has 4 nitrogen and oxygen atoms in total. The first kappa shape index (κ1) is 19.8. The minimum Gasteiger partial charge on any atom is -0.327 e. The van der Waals surface area contributed by atoms with Crippen molar-refractivity contribution in [2.45, 2.75) is 33.0 Å². The highest BCUT2D eigenvalue weighted by Gasteiger charge is 2.34. The zero-order valence-corrected chi connectivity index (χ0v) is 14.4. The van der Waals surface area contributed by atoms with Crippen molar-refractivity contribution in [3.8, 4) is 0 Å². The summed E-state index contributed by atoms with van der Waals surface area (Å²) in [6, 6.07) is 0.417. The van der Waals surface area contributed by atoms with Crippen molar-refractivity contribution in [3.63, 3.8) is 0 Å². The number of nitrogens with zero attached hydrogens (tertiary/aromatic N) is 1. The van der Waals surface area contributed by atoms with Gasteiger partial charge in [-0.15, -0.1) is 12.6 Å². The molecule has 1 aromatic heterocycles. The summed E-state index contributed by atoms with van der Waals surface area (Å²) < 4.78 is 38.3. The van der Waals surface area contributed by atoms with Gasteiger partial charge in [-0.2, -0.15) is 13.2 Å². The first-order chi connectivity index (χ1) is 10.3. The Bertz CT molecular complexity index is 630. The minimum atomic E-state index is -4.64. The van der Waals surface area contributed by atoms with Gasteiger partial charge in [-0.05, 0) is 18.4 Å². The van der Waals surface area contributed by atoms with Crippen LogP contribution in [0.15, 0.2) is 23.2 Å². The Morgan fingerprint density at radius 2 is 2.04 bits per heavy atom. The van der Waals surface area contributed by atoms with Gasteiger partial charge in [0.25, 0.3) is 5.91 Å². The second-order valence-electron chi connectivity index (χ2n) is 5.64. The summed E-state index contributed by atoms with van der Waals surface area (Å²) >= 11 is 9.53. The van der Waals surface area contributed by atoms with Crippen LogP contribution < -0.4 is 11.1 Å². The predicted molar refractivity (Wildman–Crippen MR) is 87.4 cm³/mol. The molecule has 1 amide bonds. The minimum absolute atomic E-state index is 0.0256. The van der Waals surface area contributed by atoms with E-state index in [4.69, 9.17) is 17.3 Å². The van der Waals surface area contributed by atoms with Gasteiger partial charge >= 0.3 is 6.18 Å². The summed E-state index contributed by atoms with van der Waals surface area (Å²) in [7, 11) is 0. The molecule has 0 aromatic carbocycles. The van der Waals surface area contributed by atoms with Gasteiger partial charge in [0, 0.05) is 12.2 Å². The molecular weight excluding hydrogens is 351 g/mol. The van der Waals surface area contributed by atoms with E-state index in [9.17, 15) is 18.0 Å². The molecule has 0 aliphatic heterocycles. The van der Waals surface area contributed by atoms with Gasteiger partial charge < -0.3 is 11.1 Å². The van der Waals surface area contributed by atoms with Crippen LogP contribution in [0.25, 0.3) is 0 Å². The summed E-state index contributed by atoms with van der Waals surface area (Å²) in [5.74, 6) is -0.963. The number of thiol groups is 1. The lowest BCUT2D eigenvalue weighted by Gasteiger charge is -2.25. The van der Waals surface area contributed by atoms with Crippen molar-refractivity contribution >= 4 is 36.0 Å². The first-order valence-corrected chi connectivity index (χ1v) is 7.38. The molecule has 0 bridgehead atoms. The highest BCUT2D eigenvalue weighted by atomic mass is 35.5. The molecule has 1 atom stereocenters. The van der Waals surface area contributed by atoms with Crippen LogP contribution in [0.1, 0.15) is 26.3 Å². The second-order valence-corrected chi connectivity index (χ2v) is 6.53. The van der Waals surface area contributed by atoms with Gasteiger partial charge in [0.15, 0.2) is 0 Å². The van der Waals surface area contributed by atoms with Gasteiger partial charge in [-0.25, -0.2) is 4.98 Å². The van der Waals surface area contributed by atoms with Crippen molar-refractivity contribution in [2.24, 2.45) is 11.1 Å². The number of alkyl halides is 3. The van der Waals surface area contributed by atoms with Crippen LogP contribution in [0.4, 0.5) is 19.0 Å². The van der Waals surface area contributed by atoms with E-state index in [2.05, 4.69) is 22.9 Å². The lowest BCUT2D eigenvalue weighted by atomic mass is 9.85. The first-order valence-electron chi connectivity index (χ1n) is 6.56. The Morgan fingerprint density at radius 3 is 2.52 bits per heavy atom. The van der Waals surface area contributed by atoms with Crippen LogP contribution in [0.2, 0.25) is 5.02 Å². The lowest BCUT2D eigenvalue weighted by Crippen LogP contribution is -2.33. The van der Waals surface area contributed by atoms with Crippen molar-refractivity contribution in [1.29, 1.82) is 0 Å². The number of carbonyl (C=O) groups excluding carboxylic acids is 1. The van der Waals surface area contributed by atoms with Crippen molar-refractivity contribution in [1.82, 2.24) is 4.98 Å². The third-order valence-corrected chi connectivity index (χ3v) is 3.95. The number of pyridine rings is 1. The van der Waals surface area contributed by atoms with Crippen LogP contribution in [-0.2, 0) is 11.0 Å². The third-order valence-electron chi connectivity index (χ3n) is 3.32. The van der Waals surface area contributed by atoms with E-state index in [1.165, 1.54) is 6.08 Å². The molecule has 1 unspecified atom stereocenters. The molecule has 0 radical (unpaired) electrons. The molecule has 9 heteroatoms. The predicted octanol–water partition coefficient (Wildman–Crippen LogP) is 3.88. The molecule has 0 spiro atoms. The van der Waals surface area contributed by atoms with Gasteiger partial charge in [-0.1, -0.05) is 31.5 Å². The third kappa shape index (κ3) is 5.40. The van der Waals surface area contributed by atoms with E-state index in [1.807, 2.05) is 13.8 Å². The van der Waals surface area contributed by atoms with E-state index in [0.29, 0.717) is 6.07 Å². The standard InChI is InChI=1S/C14H17ClF3N3OS/c1-7(19)13(2,3)5-10(23)12(22)21-11-4-8(14(16,17)18)9(15)6-20-11/h4-7,23H,19H2,1-3H3,(H,20,21,22)/b10-5-. The van der Waals surface area contributed by atoms with Crippen LogP contribution in [0.5, 0.6) is 0 Å². The van der Waals surface area contributed by atoms with E-state index in [-0.39, 0.29) is 16.8 Å². The number of carbonyl (C=O) groups is 1. The number of amides is 1. The Morgan fingerprint density at radius 1 is 1.48 bits per heavy atom. The largest absolute Gasteiger partial charge is 0.418 e. The average Bonchev–Trinajstić information content (AvgIpc) is 2.38. The van der Waals surface area contributed by atoms with Crippen molar-refractivity contribution < 1.29 is 18.0 Å². The smallest absolute Gasteiger partial charge is 0.327 e. The fourth-order valence-electron chi connectivity index (χ4n) is 1.45. The van der Waals surface area contributed by atoms with E-state index in [0.717, 1.165) is 6.20 Å². The summed E-state index contributed by atoms with van der Waals surface area (Å²) in [4.78, 5) is 15.7. The SMILES string of the molecule is CC(N)C(C)(C)/C=C(\S)C(=O)Nc1cc(C(F)(F)F)c(Cl)cn1.